The number of carbonyl (C=O) groups excluding carboxylic acids is 1. The van der Waals surface area contributed by atoms with Crippen LogP contribution in [-0.2, 0) is 13.5 Å². The number of hydrogen-bond donors (Lipinski definition) is 1. The number of urea groups is 1. The SMILES string of the molecule is CCc1ccc(C2CCCN2C(=O)NC(C)c2c(C)nn(C)c2C)o1. The maximum absolute atomic E-state index is 12.9. The van der Waals surface area contributed by atoms with Gasteiger partial charge in [-0.15, -0.1) is 0 Å². The van der Waals surface area contributed by atoms with E-state index in [4.69, 9.17) is 4.42 Å². The number of rotatable bonds is 4. The van der Waals surface area contributed by atoms with Crippen molar-refractivity contribution in [2.45, 2.75) is 59.0 Å². The Hall–Kier alpha value is -2.24. The van der Waals surface area contributed by atoms with Crippen molar-refractivity contribution >= 4 is 6.03 Å². The van der Waals surface area contributed by atoms with Gasteiger partial charge in [-0.3, -0.25) is 4.68 Å². The summed E-state index contributed by atoms with van der Waals surface area (Å²) in [6.07, 6.45) is 2.82. The van der Waals surface area contributed by atoms with Crippen LogP contribution in [0.15, 0.2) is 16.5 Å². The van der Waals surface area contributed by atoms with Crippen molar-refractivity contribution in [3.8, 4) is 0 Å². The van der Waals surface area contributed by atoms with Gasteiger partial charge in [0.25, 0.3) is 0 Å². The standard InChI is InChI=1S/C19H28N4O2/c1-6-15-9-10-17(25-15)16-8-7-11-23(16)19(24)20-12(2)18-13(3)21-22(5)14(18)4/h9-10,12,16H,6-8,11H2,1-5H3,(H,20,24). The summed E-state index contributed by atoms with van der Waals surface area (Å²) in [4.78, 5) is 14.8. The van der Waals surface area contributed by atoms with Crippen molar-refractivity contribution in [3.05, 3.63) is 40.6 Å². The van der Waals surface area contributed by atoms with E-state index < -0.39 is 0 Å². The van der Waals surface area contributed by atoms with E-state index in [0.717, 1.165) is 54.3 Å². The molecule has 0 aliphatic carbocycles. The van der Waals surface area contributed by atoms with Gasteiger partial charge in [-0.1, -0.05) is 6.92 Å². The van der Waals surface area contributed by atoms with Crippen LogP contribution >= 0.6 is 0 Å². The van der Waals surface area contributed by atoms with E-state index in [2.05, 4.69) is 17.3 Å². The molecule has 1 aliphatic rings. The van der Waals surface area contributed by atoms with Gasteiger partial charge in [0.15, 0.2) is 0 Å². The molecule has 2 aromatic heterocycles. The quantitative estimate of drug-likeness (QED) is 0.917. The maximum atomic E-state index is 12.9. The normalized spacial score (nSPS) is 18.6. The zero-order valence-corrected chi connectivity index (χ0v) is 15.8. The van der Waals surface area contributed by atoms with Crippen LogP contribution in [0.25, 0.3) is 0 Å². The fourth-order valence-electron chi connectivity index (χ4n) is 3.83. The minimum Gasteiger partial charge on any atom is -0.464 e. The van der Waals surface area contributed by atoms with Gasteiger partial charge in [-0.05, 0) is 45.7 Å². The third-order valence-electron chi connectivity index (χ3n) is 5.21. The zero-order valence-electron chi connectivity index (χ0n) is 15.8. The monoisotopic (exact) mass is 344 g/mol. The second-order valence-corrected chi connectivity index (χ2v) is 6.89. The van der Waals surface area contributed by atoms with Gasteiger partial charge >= 0.3 is 6.03 Å². The number of nitrogens with one attached hydrogen (secondary N) is 1. The second-order valence-electron chi connectivity index (χ2n) is 6.89. The molecule has 1 aliphatic heterocycles. The molecule has 1 fully saturated rings. The first-order valence-electron chi connectivity index (χ1n) is 9.08. The Kier molecular flexibility index (Phi) is 4.88. The molecule has 0 aromatic carbocycles. The van der Waals surface area contributed by atoms with Crippen LogP contribution in [0.4, 0.5) is 4.79 Å². The van der Waals surface area contributed by atoms with Crippen LogP contribution in [0.5, 0.6) is 0 Å². The van der Waals surface area contributed by atoms with Crippen molar-refractivity contribution in [2.24, 2.45) is 7.05 Å². The second kappa shape index (κ2) is 6.94. The topological polar surface area (TPSA) is 63.3 Å². The molecule has 2 amide bonds. The predicted molar refractivity (Wildman–Crippen MR) is 96.4 cm³/mol. The molecule has 0 bridgehead atoms. The fraction of sp³-hybridized carbons (Fsp3) is 0.579. The lowest BCUT2D eigenvalue weighted by Gasteiger charge is -2.26. The molecule has 6 heteroatoms. The highest BCUT2D eigenvalue weighted by Gasteiger charge is 2.33. The Bertz CT molecular complexity index is 762. The summed E-state index contributed by atoms with van der Waals surface area (Å²) in [5, 5.41) is 7.59. The third kappa shape index (κ3) is 3.30. The molecule has 3 rings (SSSR count). The summed E-state index contributed by atoms with van der Waals surface area (Å²) in [5.74, 6) is 1.86. The molecule has 1 saturated heterocycles. The van der Waals surface area contributed by atoms with Crippen molar-refractivity contribution in [1.29, 1.82) is 0 Å². The number of carbonyl (C=O) groups is 1. The highest BCUT2D eigenvalue weighted by Crippen LogP contribution is 2.33. The van der Waals surface area contributed by atoms with Crippen LogP contribution in [0.1, 0.15) is 67.2 Å². The Labute approximate surface area is 149 Å². The molecule has 2 unspecified atom stereocenters. The fourth-order valence-corrected chi connectivity index (χ4v) is 3.83. The van der Waals surface area contributed by atoms with Crippen molar-refractivity contribution in [2.75, 3.05) is 6.54 Å². The summed E-state index contributed by atoms with van der Waals surface area (Å²) < 4.78 is 7.76. The summed E-state index contributed by atoms with van der Waals surface area (Å²) in [7, 11) is 1.93. The summed E-state index contributed by atoms with van der Waals surface area (Å²) in [6.45, 7) is 8.87. The molecular formula is C19H28N4O2. The van der Waals surface area contributed by atoms with Crippen LogP contribution in [-0.4, -0.2) is 27.3 Å². The number of aryl methyl sites for hydroxylation is 3. The number of amides is 2. The third-order valence-corrected chi connectivity index (χ3v) is 5.21. The zero-order chi connectivity index (χ0) is 18.1. The first kappa shape index (κ1) is 17.6. The van der Waals surface area contributed by atoms with Gasteiger partial charge in [-0.25, -0.2) is 4.79 Å². The van der Waals surface area contributed by atoms with E-state index in [1.807, 2.05) is 49.5 Å². The smallest absolute Gasteiger partial charge is 0.318 e. The lowest BCUT2D eigenvalue weighted by atomic mass is 10.1. The molecular weight excluding hydrogens is 316 g/mol. The first-order chi connectivity index (χ1) is 11.9. The molecule has 2 aromatic rings. The molecule has 25 heavy (non-hydrogen) atoms. The van der Waals surface area contributed by atoms with Gasteiger partial charge in [-0.2, -0.15) is 5.10 Å². The minimum absolute atomic E-state index is 0.0311. The minimum atomic E-state index is -0.0785. The van der Waals surface area contributed by atoms with Gasteiger partial charge in [0.1, 0.15) is 11.5 Å². The molecule has 0 radical (unpaired) electrons. The number of hydrogen-bond acceptors (Lipinski definition) is 3. The van der Waals surface area contributed by atoms with E-state index in [9.17, 15) is 4.79 Å². The van der Waals surface area contributed by atoms with Gasteiger partial charge < -0.3 is 14.6 Å². The van der Waals surface area contributed by atoms with Crippen LogP contribution in [0.3, 0.4) is 0 Å². The van der Waals surface area contributed by atoms with Gasteiger partial charge in [0.05, 0.1) is 17.8 Å². The molecule has 0 saturated carbocycles. The highest BCUT2D eigenvalue weighted by atomic mass is 16.3. The molecule has 2 atom stereocenters. The maximum Gasteiger partial charge on any atom is 0.318 e. The summed E-state index contributed by atoms with van der Waals surface area (Å²) in [5.41, 5.74) is 3.14. The van der Waals surface area contributed by atoms with E-state index >= 15 is 0 Å². The van der Waals surface area contributed by atoms with Crippen LogP contribution < -0.4 is 5.32 Å². The Morgan fingerprint density at radius 1 is 1.44 bits per heavy atom. The van der Waals surface area contributed by atoms with E-state index in [1.165, 1.54) is 0 Å². The van der Waals surface area contributed by atoms with E-state index in [1.54, 1.807) is 0 Å². The van der Waals surface area contributed by atoms with Gasteiger partial charge in [0.2, 0.25) is 0 Å². The van der Waals surface area contributed by atoms with Crippen molar-refractivity contribution < 1.29 is 9.21 Å². The first-order valence-corrected chi connectivity index (χ1v) is 9.08. The number of nitrogens with zero attached hydrogens (tertiary/aromatic N) is 3. The van der Waals surface area contributed by atoms with Gasteiger partial charge in [0, 0.05) is 31.3 Å². The number of furan rings is 1. The number of likely N-dealkylation sites (tertiary alicyclic amines) is 1. The lowest BCUT2D eigenvalue weighted by molar-refractivity contribution is 0.182. The molecule has 6 nitrogen and oxygen atoms in total. The van der Waals surface area contributed by atoms with E-state index in [0.29, 0.717) is 0 Å². The highest BCUT2D eigenvalue weighted by molar-refractivity contribution is 5.75. The Morgan fingerprint density at radius 3 is 2.80 bits per heavy atom. The Morgan fingerprint density at radius 2 is 2.20 bits per heavy atom. The van der Waals surface area contributed by atoms with E-state index in [-0.39, 0.29) is 18.1 Å². The molecule has 136 valence electrons. The predicted octanol–water partition coefficient (Wildman–Crippen LogP) is 3.80. The largest absolute Gasteiger partial charge is 0.464 e. The lowest BCUT2D eigenvalue weighted by Crippen LogP contribution is -2.40. The molecule has 1 N–H and O–H groups in total. The molecule has 0 spiro atoms. The van der Waals surface area contributed by atoms with Crippen LogP contribution in [0, 0.1) is 13.8 Å². The van der Waals surface area contributed by atoms with Crippen molar-refractivity contribution in [1.82, 2.24) is 20.0 Å². The average molecular weight is 344 g/mol. The van der Waals surface area contributed by atoms with Crippen LogP contribution in [0.2, 0.25) is 0 Å². The average Bonchev–Trinajstić information content (AvgIpc) is 3.27. The summed E-state index contributed by atoms with van der Waals surface area (Å²) >= 11 is 0. The Balaban J connectivity index is 1.73. The number of aromatic nitrogens is 2. The van der Waals surface area contributed by atoms with Crippen molar-refractivity contribution in [3.63, 3.8) is 0 Å². The molecule has 3 heterocycles. The summed E-state index contributed by atoms with van der Waals surface area (Å²) in [6, 6.07) is 3.93.